The Bertz CT molecular complexity index is 712. The maximum absolute atomic E-state index is 12.5. The minimum absolute atomic E-state index is 0.000612. The van der Waals surface area contributed by atoms with Gasteiger partial charge in [-0.05, 0) is 49.7 Å². The molecule has 1 aliphatic carbocycles. The van der Waals surface area contributed by atoms with Gasteiger partial charge in [0.25, 0.3) is 11.5 Å². The van der Waals surface area contributed by atoms with Crippen molar-refractivity contribution in [2.24, 2.45) is 18.9 Å². The molecule has 4 unspecified atom stereocenters. The molecule has 0 spiro atoms. The SMILES string of the molecule is CCCC1CC(=O)NC2CC(NC(=O)c3cccn(C)c3=O)CCC12. The van der Waals surface area contributed by atoms with Crippen LogP contribution in [0.5, 0.6) is 0 Å². The summed E-state index contributed by atoms with van der Waals surface area (Å²) in [7, 11) is 1.63. The van der Waals surface area contributed by atoms with Crippen LogP contribution in [0.25, 0.3) is 0 Å². The number of aryl methyl sites for hydroxylation is 1. The predicted octanol–water partition coefficient (Wildman–Crippen LogP) is 1.59. The number of pyridine rings is 1. The first-order valence-corrected chi connectivity index (χ1v) is 9.25. The van der Waals surface area contributed by atoms with Crippen molar-refractivity contribution in [3.05, 3.63) is 34.2 Å². The van der Waals surface area contributed by atoms with Crippen molar-refractivity contribution in [3.8, 4) is 0 Å². The lowest BCUT2D eigenvalue weighted by atomic mass is 9.70. The van der Waals surface area contributed by atoms with Crippen molar-refractivity contribution in [1.29, 1.82) is 0 Å². The minimum atomic E-state index is -0.322. The second kappa shape index (κ2) is 7.42. The molecule has 1 aromatic rings. The molecule has 4 atom stereocenters. The highest BCUT2D eigenvalue weighted by Crippen LogP contribution is 2.37. The van der Waals surface area contributed by atoms with Crippen LogP contribution in [-0.4, -0.2) is 28.5 Å². The monoisotopic (exact) mass is 345 g/mol. The highest BCUT2D eigenvalue weighted by Gasteiger charge is 2.40. The first kappa shape index (κ1) is 17.7. The van der Waals surface area contributed by atoms with Crippen LogP contribution in [0.2, 0.25) is 0 Å². The molecular formula is C19H27N3O3. The standard InChI is InChI=1S/C19H27N3O3/c1-3-5-12-10-17(23)21-16-11-13(7-8-14(12)16)20-18(24)15-6-4-9-22(2)19(15)25/h4,6,9,12-14,16H,3,5,7-8,10-11H2,1-2H3,(H,20,24)(H,21,23). The number of carbonyl (C=O) groups excluding carboxylic acids is 2. The summed E-state index contributed by atoms with van der Waals surface area (Å²) in [6, 6.07) is 3.39. The van der Waals surface area contributed by atoms with Gasteiger partial charge in [-0.25, -0.2) is 0 Å². The van der Waals surface area contributed by atoms with E-state index in [1.807, 2.05) is 0 Å². The summed E-state index contributed by atoms with van der Waals surface area (Å²) in [6.45, 7) is 2.16. The van der Waals surface area contributed by atoms with Crippen LogP contribution < -0.4 is 16.2 Å². The molecule has 6 nitrogen and oxygen atoms in total. The maximum atomic E-state index is 12.5. The quantitative estimate of drug-likeness (QED) is 0.870. The Kier molecular flexibility index (Phi) is 5.25. The maximum Gasteiger partial charge on any atom is 0.263 e. The van der Waals surface area contributed by atoms with E-state index in [4.69, 9.17) is 0 Å². The van der Waals surface area contributed by atoms with Crippen LogP contribution in [0.3, 0.4) is 0 Å². The average molecular weight is 345 g/mol. The predicted molar refractivity (Wildman–Crippen MR) is 95.2 cm³/mol. The molecule has 0 aromatic carbocycles. The van der Waals surface area contributed by atoms with Crippen LogP contribution in [0.4, 0.5) is 0 Å². The van der Waals surface area contributed by atoms with Gasteiger partial charge in [-0.15, -0.1) is 0 Å². The summed E-state index contributed by atoms with van der Waals surface area (Å²) in [6.07, 6.45) is 7.10. The fourth-order valence-electron chi connectivity index (χ4n) is 4.43. The number of hydrogen-bond acceptors (Lipinski definition) is 3. The van der Waals surface area contributed by atoms with Crippen molar-refractivity contribution < 1.29 is 9.59 Å². The summed E-state index contributed by atoms with van der Waals surface area (Å²) >= 11 is 0. The number of rotatable bonds is 4. The molecule has 1 aromatic heterocycles. The van der Waals surface area contributed by atoms with Crippen LogP contribution in [0, 0.1) is 11.8 Å². The highest BCUT2D eigenvalue weighted by atomic mass is 16.2. The zero-order chi connectivity index (χ0) is 18.0. The third-order valence-corrected chi connectivity index (χ3v) is 5.67. The fourth-order valence-corrected chi connectivity index (χ4v) is 4.43. The Labute approximate surface area is 148 Å². The molecule has 2 fully saturated rings. The van der Waals surface area contributed by atoms with E-state index in [0.717, 1.165) is 32.1 Å². The smallest absolute Gasteiger partial charge is 0.263 e. The number of fused-ring (bicyclic) bond motifs is 1. The first-order chi connectivity index (χ1) is 12.0. The first-order valence-electron chi connectivity index (χ1n) is 9.25. The van der Waals surface area contributed by atoms with Gasteiger partial charge in [-0.3, -0.25) is 14.4 Å². The van der Waals surface area contributed by atoms with Gasteiger partial charge in [0.2, 0.25) is 5.91 Å². The topological polar surface area (TPSA) is 80.2 Å². The normalized spacial score (nSPS) is 28.8. The van der Waals surface area contributed by atoms with Gasteiger partial charge in [0, 0.05) is 31.7 Å². The second-order valence-corrected chi connectivity index (χ2v) is 7.41. The van der Waals surface area contributed by atoms with Gasteiger partial charge >= 0.3 is 0 Å². The van der Waals surface area contributed by atoms with Crippen molar-refractivity contribution in [2.45, 2.75) is 57.5 Å². The zero-order valence-corrected chi connectivity index (χ0v) is 15.0. The third kappa shape index (κ3) is 3.78. The lowest BCUT2D eigenvalue weighted by molar-refractivity contribution is -0.127. The number of hydrogen-bond donors (Lipinski definition) is 2. The Morgan fingerprint density at radius 3 is 2.92 bits per heavy atom. The lowest BCUT2D eigenvalue weighted by Crippen LogP contribution is -2.55. The zero-order valence-electron chi connectivity index (χ0n) is 15.0. The van der Waals surface area contributed by atoms with Gasteiger partial charge in [-0.1, -0.05) is 13.3 Å². The van der Waals surface area contributed by atoms with Crippen molar-refractivity contribution in [1.82, 2.24) is 15.2 Å². The molecule has 2 heterocycles. The summed E-state index contributed by atoms with van der Waals surface area (Å²) in [5.74, 6) is 0.776. The summed E-state index contributed by atoms with van der Waals surface area (Å²) in [5.41, 5.74) is -0.119. The molecule has 3 rings (SSSR count). The molecule has 25 heavy (non-hydrogen) atoms. The van der Waals surface area contributed by atoms with Gasteiger partial charge in [0.15, 0.2) is 0 Å². The van der Waals surface area contributed by atoms with E-state index >= 15 is 0 Å². The van der Waals surface area contributed by atoms with Crippen LogP contribution in [0.15, 0.2) is 23.1 Å². The molecule has 6 heteroatoms. The van der Waals surface area contributed by atoms with Crippen LogP contribution in [0.1, 0.15) is 55.8 Å². The van der Waals surface area contributed by atoms with E-state index in [9.17, 15) is 14.4 Å². The lowest BCUT2D eigenvalue weighted by Gasteiger charge is -2.44. The number of nitrogens with one attached hydrogen (secondary N) is 2. The number of carbonyl (C=O) groups is 2. The van der Waals surface area contributed by atoms with Crippen molar-refractivity contribution in [2.75, 3.05) is 0 Å². The molecule has 2 amide bonds. The molecule has 2 N–H and O–H groups in total. The van der Waals surface area contributed by atoms with E-state index < -0.39 is 0 Å². The summed E-state index contributed by atoms with van der Waals surface area (Å²) in [5, 5.41) is 6.11. The Morgan fingerprint density at radius 2 is 2.16 bits per heavy atom. The van der Waals surface area contributed by atoms with Crippen LogP contribution in [-0.2, 0) is 11.8 Å². The molecule has 1 saturated heterocycles. The Morgan fingerprint density at radius 1 is 1.36 bits per heavy atom. The summed E-state index contributed by atoms with van der Waals surface area (Å²) < 4.78 is 1.41. The third-order valence-electron chi connectivity index (χ3n) is 5.67. The van der Waals surface area contributed by atoms with E-state index in [1.54, 1.807) is 25.4 Å². The van der Waals surface area contributed by atoms with Gasteiger partial charge < -0.3 is 15.2 Å². The van der Waals surface area contributed by atoms with Crippen LogP contribution >= 0.6 is 0 Å². The highest BCUT2D eigenvalue weighted by molar-refractivity contribution is 5.94. The number of nitrogens with zero attached hydrogens (tertiary/aromatic N) is 1. The molecule has 1 saturated carbocycles. The molecule has 2 aliphatic rings. The Hall–Kier alpha value is -2.11. The number of amides is 2. The average Bonchev–Trinajstić information content (AvgIpc) is 2.57. The second-order valence-electron chi connectivity index (χ2n) is 7.41. The van der Waals surface area contributed by atoms with E-state index in [0.29, 0.717) is 18.3 Å². The fraction of sp³-hybridized carbons (Fsp3) is 0.632. The molecule has 136 valence electrons. The van der Waals surface area contributed by atoms with E-state index in [-0.39, 0.29) is 35.0 Å². The largest absolute Gasteiger partial charge is 0.353 e. The van der Waals surface area contributed by atoms with Crippen molar-refractivity contribution in [3.63, 3.8) is 0 Å². The van der Waals surface area contributed by atoms with Gasteiger partial charge in [0.1, 0.15) is 5.56 Å². The summed E-state index contributed by atoms with van der Waals surface area (Å²) in [4.78, 5) is 36.5. The van der Waals surface area contributed by atoms with Crippen molar-refractivity contribution >= 4 is 11.8 Å². The molecule has 0 bridgehead atoms. The molecule has 0 radical (unpaired) electrons. The van der Waals surface area contributed by atoms with E-state index in [1.165, 1.54) is 4.57 Å². The minimum Gasteiger partial charge on any atom is -0.353 e. The number of piperidine rings is 1. The van der Waals surface area contributed by atoms with Gasteiger partial charge in [0.05, 0.1) is 0 Å². The van der Waals surface area contributed by atoms with E-state index in [2.05, 4.69) is 17.6 Å². The number of aromatic nitrogens is 1. The van der Waals surface area contributed by atoms with Gasteiger partial charge in [-0.2, -0.15) is 0 Å². The molecule has 1 aliphatic heterocycles. The molecular weight excluding hydrogens is 318 g/mol. The Balaban J connectivity index is 1.66.